The molecule has 3 heteroatoms. The maximum absolute atomic E-state index is 5.55. The summed E-state index contributed by atoms with van der Waals surface area (Å²) in [5, 5.41) is 0. The summed E-state index contributed by atoms with van der Waals surface area (Å²) in [6, 6.07) is 4.23. The van der Waals surface area contributed by atoms with Crippen molar-refractivity contribution in [2.75, 3.05) is 25.2 Å². The molecule has 1 rings (SSSR count). The van der Waals surface area contributed by atoms with Gasteiger partial charge in [-0.15, -0.1) is 0 Å². The normalized spacial score (nSPS) is 11.1. The summed E-state index contributed by atoms with van der Waals surface area (Å²) in [5.41, 5.74) is 5.81. The minimum Gasteiger partial charge on any atom is -0.380 e. The second kappa shape index (κ2) is 6.59. The molecule has 0 aliphatic rings. The van der Waals surface area contributed by atoms with Crippen LogP contribution in [0.25, 0.3) is 0 Å². The Bertz CT molecular complexity index is 285. The number of aryl methyl sites for hydroxylation is 2. The summed E-state index contributed by atoms with van der Waals surface area (Å²) in [5.74, 6) is 0.724. The largest absolute Gasteiger partial charge is 0.380 e. The van der Waals surface area contributed by atoms with Crippen molar-refractivity contribution < 1.29 is 4.74 Å². The first-order chi connectivity index (χ1) is 7.61. The highest BCUT2D eigenvalue weighted by Gasteiger charge is 1.99. The Morgan fingerprint density at radius 1 is 1.19 bits per heavy atom. The van der Waals surface area contributed by atoms with Crippen molar-refractivity contribution in [3.63, 3.8) is 0 Å². The SMILES string of the molecule is Cc1ccc(C)n1NCCOCCC(C)C. The fourth-order valence-electron chi connectivity index (χ4n) is 1.57. The summed E-state index contributed by atoms with van der Waals surface area (Å²) in [4.78, 5) is 0. The average molecular weight is 224 g/mol. The van der Waals surface area contributed by atoms with Gasteiger partial charge < -0.3 is 10.2 Å². The van der Waals surface area contributed by atoms with E-state index < -0.39 is 0 Å². The second-order valence-electron chi connectivity index (χ2n) is 4.65. The Kier molecular flexibility index (Phi) is 5.39. The Balaban J connectivity index is 2.12. The molecule has 0 saturated heterocycles. The van der Waals surface area contributed by atoms with E-state index in [1.165, 1.54) is 11.4 Å². The van der Waals surface area contributed by atoms with E-state index in [4.69, 9.17) is 4.74 Å². The van der Waals surface area contributed by atoms with Crippen LogP contribution in [0.15, 0.2) is 12.1 Å². The quantitative estimate of drug-likeness (QED) is 0.721. The highest BCUT2D eigenvalue weighted by molar-refractivity contribution is 5.15. The fraction of sp³-hybridized carbons (Fsp3) is 0.692. The molecule has 0 saturated carbocycles. The number of ether oxygens (including phenoxy) is 1. The first kappa shape index (κ1) is 13.1. The molecule has 0 aromatic carbocycles. The van der Waals surface area contributed by atoms with Crippen molar-refractivity contribution in [2.24, 2.45) is 5.92 Å². The van der Waals surface area contributed by atoms with Crippen molar-refractivity contribution in [3.05, 3.63) is 23.5 Å². The van der Waals surface area contributed by atoms with E-state index in [1.54, 1.807) is 0 Å². The molecule has 0 radical (unpaired) electrons. The van der Waals surface area contributed by atoms with Crippen LogP contribution in [-0.4, -0.2) is 24.4 Å². The first-order valence-corrected chi connectivity index (χ1v) is 6.08. The van der Waals surface area contributed by atoms with Crippen LogP contribution in [0.1, 0.15) is 31.7 Å². The highest BCUT2D eigenvalue weighted by Crippen LogP contribution is 2.03. The minimum atomic E-state index is 0.724. The Hall–Kier alpha value is -0.960. The predicted octanol–water partition coefficient (Wildman–Crippen LogP) is 2.71. The van der Waals surface area contributed by atoms with Gasteiger partial charge in [0.05, 0.1) is 13.2 Å². The maximum Gasteiger partial charge on any atom is 0.0655 e. The van der Waals surface area contributed by atoms with Gasteiger partial charge in [0.25, 0.3) is 0 Å². The molecule has 92 valence electrons. The Labute approximate surface area is 98.8 Å². The van der Waals surface area contributed by atoms with Crippen LogP contribution >= 0.6 is 0 Å². The third-order valence-corrected chi connectivity index (χ3v) is 2.63. The highest BCUT2D eigenvalue weighted by atomic mass is 16.5. The van der Waals surface area contributed by atoms with Crippen molar-refractivity contribution in [1.82, 2.24) is 4.68 Å². The molecule has 1 aromatic heterocycles. The maximum atomic E-state index is 5.55. The molecule has 1 aromatic rings. The summed E-state index contributed by atoms with van der Waals surface area (Å²) in [6.07, 6.45) is 1.14. The van der Waals surface area contributed by atoms with Crippen LogP contribution < -0.4 is 5.43 Å². The van der Waals surface area contributed by atoms with Crippen LogP contribution in [0.3, 0.4) is 0 Å². The molecule has 0 unspecified atom stereocenters. The van der Waals surface area contributed by atoms with E-state index in [9.17, 15) is 0 Å². The van der Waals surface area contributed by atoms with Crippen LogP contribution in [0, 0.1) is 19.8 Å². The molecule has 0 amide bonds. The third-order valence-electron chi connectivity index (χ3n) is 2.63. The average Bonchev–Trinajstić information content (AvgIpc) is 2.53. The van der Waals surface area contributed by atoms with Crippen molar-refractivity contribution in [2.45, 2.75) is 34.1 Å². The van der Waals surface area contributed by atoms with Crippen molar-refractivity contribution in [1.29, 1.82) is 0 Å². The number of aromatic nitrogens is 1. The molecule has 0 atom stereocenters. The van der Waals surface area contributed by atoms with Crippen LogP contribution in [0.4, 0.5) is 0 Å². The van der Waals surface area contributed by atoms with Gasteiger partial charge in [-0.1, -0.05) is 13.8 Å². The van der Waals surface area contributed by atoms with Crippen molar-refractivity contribution in [3.8, 4) is 0 Å². The van der Waals surface area contributed by atoms with Gasteiger partial charge in [-0.25, -0.2) is 0 Å². The van der Waals surface area contributed by atoms with Crippen LogP contribution in [-0.2, 0) is 4.74 Å². The number of rotatable bonds is 7. The van der Waals surface area contributed by atoms with Crippen molar-refractivity contribution >= 4 is 0 Å². The van der Waals surface area contributed by atoms with Gasteiger partial charge in [-0.2, -0.15) is 0 Å². The van der Waals surface area contributed by atoms with E-state index in [2.05, 4.69) is 49.9 Å². The first-order valence-electron chi connectivity index (χ1n) is 6.08. The second-order valence-corrected chi connectivity index (χ2v) is 4.65. The topological polar surface area (TPSA) is 26.2 Å². The minimum absolute atomic E-state index is 0.724. The predicted molar refractivity (Wildman–Crippen MR) is 68.4 cm³/mol. The lowest BCUT2D eigenvalue weighted by molar-refractivity contribution is 0.131. The Morgan fingerprint density at radius 3 is 2.38 bits per heavy atom. The number of nitrogens with one attached hydrogen (secondary N) is 1. The van der Waals surface area contributed by atoms with Crippen LogP contribution in [0.5, 0.6) is 0 Å². The zero-order valence-corrected chi connectivity index (χ0v) is 10.9. The molecular formula is C13H24N2O. The number of nitrogens with zero attached hydrogens (tertiary/aromatic N) is 1. The lowest BCUT2D eigenvalue weighted by atomic mass is 10.1. The van der Waals surface area contributed by atoms with Gasteiger partial charge in [0, 0.05) is 18.0 Å². The van der Waals surface area contributed by atoms with Gasteiger partial charge in [-0.05, 0) is 38.3 Å². The van der Waals surface area contributed by atoms with Gasteiger partial charge >= 0.3 is 0 Å². The van der Waals surface area contributed by atoms with E-state index in [0.717, 1.165) is 32.1 Å². The summed E-state index contributed by atoms with van der Waals surface area (Å²) in [6.45, 7) is 11.1. The standard InChI is InChI=1S/C13H24N2O/c1-11(2)7-9-16-10-8-14-15-12(3)5-6-13(15)4/h5-6,11,14H,7-10H2,1-4H3. The molecule has 1 N–H and O–H groups in total. The fourth-order valence-corrected chi connectivity index (χ4v) is 1.57. The molecule has 0 aliphatic heterocycles. The molecule has 0 aliphatic carbocycles. The van der Waals surface area contributed by atoms with E-state index in [1.807, 2.05) is 0 Å². The zero-order chi connectivity index (χ0) is 12.0. The van der Waals surface area contributed by atoms with Gasteiger partial charge in [-0.3, -0.25) is 4.68 Å². The summed E-state index contributed by atoms with van der Waals surface area (Å²) >= 11 is 0. The van der Waals surface area contributed by atoms with E-state index >= 15 is 0 Å². The molecule has 0 spiro atoms. The zero-order valence-electron chi connectivity index (χ0n) is 10.9. The number of hydrogen-bond acceptors (Lipinski definition) is 2. The van der Waals surface area contributed by atoms with E-state index in [0.29, 0.717) is 0 Å². The molecule has 3 nitrogen and oxygen atoms in total. The molecular weight excluding hydrogens is 200 g/mol. The number of hydrogen-bond donors (Lipinski definition) is 1. The molecule has 16 heavy (non-hydrogen) atoms. The van der Waals surface area contributed by atoms with Gasteiger partial charge in [0.15, 0.2) is 0 Å². The Morgan fingerprint density at radius 2 is 1.81 bits per heavy atom. The summed E-state index contributed by atoms with van der Waals surface area (Å²) < 4.78 is 7.65. The monoisotopic (exact) mass is 224 g/mol. The lowest BCUT2D eigenvalue weighted by Gasteiger charge is -2.13. The lowest BCUT2D eigenvalue weighted by Crippen LogP contribution is -2.22. The van der Waals surface area contributed by atoms with Gasteiger partial charge in [0.1, 0.15) is 0 Å². The van der Waals surface area contributed by atoms with Gasteiger partial charge in [0.2, 0.25) is 0 Å². The molecule has 1 heterocycles. The van der Waals surface area contributed by atoms with Crippen LogP contribution in [0.2, 0.25) is 0 Å². The smallest absolute Gasteiger partial charge is 0.0655 e. The summed E-state index contributed by atoms with van der Waals surface area (Å²) in [7, 11) is 0. The third kappa shape index (κ3) is 4.27. The van der Waals surface area contributed by atoms with E-state index in [-0.39, 0.29) is 0 Å². The molecule has 0 bridgehead atoms. The molecule has 0 fully saturated rings.